The lowest BCUT2D eigenvalue weighted by molar-refractivity contribution is 0.0325. The van der Waals surface area contributed by atoms with Gasteiger partial charge in [0.1, 0.15) is 4.88 Å². The van der Waals surface area contributed by atoms with Gasteiger partial charge in [-0.05, 0) is 69.0 Å². The van der Waals surface area contributed by atoms with E-state index in [4.69, 9.17) is 4.74 Å². The molecule has 0 aliphatic carbocycles. The Balaban J connectivity index is 1.50. The zero-order valence-corrected chi connectivity index (χ0v) is 23.5. The molecule has 0 bridgehead atoms. The lowest BCUT2D eigenvalue weighted by Crippen LogP contribution is -2.14. The number of ether oxygens (including phenoxy) is 1. The van der Waals surface area contributed by atoms with E-state index in [0.717, 1.165) is 17.7 Å². The quantitative estimate of drug-likeness (QED) is 0.140. The minimum Gasteiger partial charge on any atom is -0.458 e. The highest BCUT2D eigenvalue weighted by Crippen LogP contribution is 2.40. The fraction of sp³-hybridized carbons (Fsp3) is 0.552. The number of esters is 1. The predicted octanol–water partition coefficient (Wildman–Crippen LogP) is 10.6. The van der Waals surface area contributed by atoms with Gasteiger partial charge < -0.3 is 4.74 Å². The number of carbonyl (C=O) groups excluding carboxylic acids is 1. The number of hydrogen-bond acceptors (Lipinski definition) is 5. The largest absolute Gasteiger partial charge is 0.458 e. The van der Waals surface area contributed by atoms with E-state index in [1.165, 1.54) is 83.7 Å². The van der Waals surface area contributed by atoms with Crippen LogP contribution in [0.1, 0.15) is 106 Å². The van der Waals surface area contributed by atoms with Gasteiger partial charge in [-0.3, -0.25) is 0 Å². The van der Waals surface area contributed by atoms with Crippen LogP contribution < -0.4 is 0 Å². The first kappa shape index (κ1) is 27.2. The van der Waals surface area contributed by atoms with Crippen molar-refractivity contribution in [3.63, 3.8) is 0 Å². The van der Waals surface area contributed by atoms with E-state index in [9.17, 15) is 4.79 Å². The molecule has 0 saturated heterocycles. The van der Waals surface area contributed by atoms with Gasteiger partial charge in [-0.2, -0.15) is 0 Å². The summed E-state index contributed by atoms with van der Waals surface area (Å²) >= 11 is 5.28. The molecule has 3 rings (SSSR count). The summed E-state index contributed by atoms with van der Waals surface area (Å²) in [5.74, 6) is -0.186. The number of hydrogen-bond donors (Lipinski definition) is 0. The van der Waals surface area contributed by atoms with Crippen LogP contribution in [-0.4, -0.2) is 12.1 Å². The molecule has 0 aliphatic rings. The van der Waals surface area contributed by atoms with Crippen LogP contribution in [-0.2, 0) is 11.2 Å². The van der Waals surface area contributed by atoms with E-state index >= 15 is 0 Å². The maximum atomic E-state index is 12.6. The Bertz CT molecular complexity index is 981. The summed E-state index contributed by atoms with van der Waals surface area (Å²) in [5.41, 5.74) is 0. The van der Waals surface area contributed by atoms with Gasteiger partial charge in [0, 0.05) is 24.4 Å². The summed E-state index contributed by atoms with van der Waals surface area (Å²) in [6.07, 6.45) is 15.0. The molecule has 5 heteroatoms. The number of thiophene rings is 3. The van der Waals surface area contributed by atoms with Crippen LogP contribution in [0.5, 0.6) is 0 Å². The number of unbranched alkanes of at least 4 members (excludes halogenated alkanes) is 8. The van der Waals surface area contributed by atoms with E-state index in [1.54, 1.807) is 11.3 Å². The molecule has 3 heterocycles. The average Bonchev–Trinajstić information content (AvgIpc) is 3.59. The Morgan fingerprint density at radius 1 is 0.706 bits per heavy atom. The molecule has 0 unspecified atom stereocenters. The second kappa shape index (κ2) is 14.9. The molecule has 0 aromatic carbocycles. The van der Waals surface area contributed by atoms with Crippen LogP contribution in [0.15, 0.2) is 36.4 Å². The summed E-state index contributed by atoms with van der Waals surface area (Å²) in [4.78, 5) is 19.8. The number of rotatable bonds is 16. The summed E-state index contributed by atoms with van der Waals surface area (Å²) in [6.45, 7) is 6.49. The fourth-order valence-corrected chi connectivity index (χ4v) is 7.19. The molecule has 0 amide bonds. The van der Waals surface area contributed by atoms with Crippen molar-refractivity contribution in [2.75, 3.05) is 0 Å². The topological polar surface area (TPSA) is 26.3 Å². The summed E-state index contributed by atoms with van der Waals surface area (Å²) in [5, 5.41) is 0. The van der Waals surface area contributed by atoms with Gasteiger partial charge in [0.15, 0.2) is 0 Å². The van der Waals surface area contributed by atoms with Gasteiger partial charge in [-0.15, -0.1) is 34.0 Å². The predicted molar refractivity (Wildman–Crippen MR) is 152 cm³/mol. The average molecular weight is 517 g/mol. The minimum atomic E-state index is -0.186. The molecule has 0 N–H and O–H groups in total. The minimum absolute atomic E-state index is 0.0207. The third-order valence-corrected chi connectivity index (χ3v) is 9.80. The Hall–Kier alpha value is -1.43. The van der Waals surface area contributed by atoms with Crippen molar-refractivity contribution in [1.82, 2.24) is 0 Å². The van der Waals surface area contributed by atoms with Crippen molar-refractivity contribution in [2.45, 2.75) is 104 Å². The Morgan fingerprint density at radius 3 is 2.00 bits per heavy atom. The zero-order chi connectivity index (χ0) is 24.2. The van der Waals surface area contributed by atoms with E-state index in [2.05, 4.69) is 44.2 Å². The molecule has 0 fully saturated rings. The van der Waals surface area contributed by atoms with Crippen LogP contribution in [0, 0.1) is 0 Å². The van der Waals surface area contributed by atoms with Crippen LogP contribution in [0.2, 0.25) is 0 Å². The highest BCUT2D eigenvalue weighted by atomic mass is 32.1. The maximum Gasteiger partial charge on any atom is 0.348 e. The van der Waals surface area contributed by atoms with Crippen molar-refractivity contribution < 1.29 is 9.53 Å². The number of aryl methyl sites for hydroxylation is 1. The standard InChI is InChI=1S/C29H40O2S3/c1-4-6-8-10-11-13-15-23-16-17-24(32-23)25-18-19-26(33-25)27-20-21-28(34-27)29(30)31-22(3)14-12-9-7-5-2/h16-22H,4-15H2,1-3H3/t22-/m1/s1. The molecule has 3 aromatic rings. The summed E-state index contributed by atoms with van der Waals surface area (Å²) in [6, 6.07) is 12.9. The van der Waals surface area contributed by atoms with Crippen LogP contribution in [0.4, 0.5) is 0 Å². The Labute approximate surface area is 218 Å². The highest BCUT2D eigenvalue weighted by Gasteiger charge is 2.16. The zero-order valence-electron chi connectivity index (χ0n) is 21.1. The second-order valence-electron chi connectivity index (χ2n) is 9.18. The van der Waals surface area contributed by atoms with Crippen LogP contribution >= 0.6 is 34.0 Å². The van der Waals surface area contributed by atoms with Gasteiger partial charge in [-0.1, -0.05) is 65.2 Å². The van der Waals surface area contributed by atoms with Gasteiger partial charge >= 0.3 is 5.97 Å². The second-order valence-corrected chi connectivity index (χ2v) is 12.5. The van der Waals surface area contributed by atoms with Gasteiger partial charge in [0.05, 0.1) is 6.10 Å². The fourth-order valence-electron chi connectivity index (χ4n) is 4.07. The lowest BCUT2D eigenvalue weighted by atomic mass is 10.1. The maximum absolute atomic E-state index is 12.6. The molecule has 186 valence electrons. The van der Waals surface area contributed by atoms with E-state index < -0.39 is 0 Å². The van der Waals surface area contributed by atoms with Crippen molar-refractivity contribution in [3.8, 4) is 19.5 Å². The van der Waals surface area contributed by atoms with Crippen molar-refractivity contribution in [1.29, 1.82) is 0 Å². The van der Waals surface area contributed by atoms with Crippen molar-refractivity contribution in [2.24, 2.45) is 0 Å². The molecule has 0 radical (unpaired) electrons. The molecular weight excluding hydrogens is 477 g/mol. The first-order valence-electron chi connectivity index (χ1n) is 13.1. The third-order valence-electron chi connectivity index (χ3n) is 6.11. The lowest BCUT2D eigenvalue weighted by Gasteiger charge is -2.12. The molecule has 3 aromatic heterocycles. The van der Waals surface area contributed by atoms with Crippen molar-refractivity contribution in [3.05, 3.63) is 46.2 Å². The Morgan fingerprint density at radius 2 is 1.26 bits per heavy atom. The molecule has 0 spiro atoms. The number of carbonyl (C=O) groups is 1. The van der Waals surface area contributed by atoms with E-state index in [-0.39, 0.29) is 12.1 Å². The highest BCUT2D eigenvalue weighted by molar-refractivity contribution is 7.26. The van der Waals surface area contributed by atoms with Crippen LogP contribution in [0.25, 0.3) is 19.5 Å². The molecule has 2 nitrogen and oxygen atoms in total. The van der Waals surface area contributed by atoms with Gasteiger partial charge in [0.2, 0.25) is 0 Å². The third kappa shape index (κ3) is 8.66. The van der Waals surface area contributed by atoms with Gasteiger partial charge in [-0.25, -0.2) is 4.79 Å². The molecule has 0 aliphatic heterocycles. The first-order valence-corrected chi connectivity index (χ1v) is 15.6. The van der Waals surface area contributed by atoms with E-state index in [0.29, 0.717) is 4.88 Å². The SMILES string of the molecule is CCCCCCCCc1ccc(-c2ccc(-c3ccc(C(=O)O[C@H](C)CCCCCC)s3)s2)s1. The van der Waals surface area contributed by atoms with Crippen LogP contribution in [0.3, 0.4) is 0 Å². The Kier molecular flexibility index (Phi) is 11.9. The van der Waals surface area contributed by atoms with Crippen molar-refractivity contribution >= 4 is 40.0 Å². The molecular formula is C29H40O2S3. The smallest absolute Gasteiger partial charge is 0.348 e. The molecule has 0 saturated carbocycles. The van der Waals surface area contributed by atoms with Gasteiger partial charge in [0.25, 0.3) is 0 Å². The summed E-state index contributed by atoms with van der Waals surface area (Å²) in [7, 11) is 0. The normalized spacial score (nSPS) is 12.2. The first-order chi connectivity index (χ1) is 16.6. The monoisotopic (exact) mass is 516 g/mol. The van der Waals surface area contributed by atoms with E-state index in [1.807, 2.05) is 35.7 Å². The summed E-state index contributed by atoms with van der Waals surface area (Å²) < 4.78 is 5.68. The molecule has 1 atom stereocenters. The molecule has 34 heavy (non-hydrogen) atoms.